The minimum Gasteiger partial charge on any atom is -0.397 e. The molecule has 3 aromatic rings. The number of nitrogen functional groups attached to an aromatic ring is 1. The molecule has 0 aromatic carbocycles. The molecule has 0 aliphatic rings. The third-order valence-corrected chi connectivity index (χ3v) is 2.83. The summed E-state index contributed by atoms with van der Waals surface area (Å²) >= 11 is 3.34. The van der Waals surface area contributed by atoms with Gasteiger partial charge in [0.1, 0.15) is 5.69 Å². The predicted molar refractivity (Wildman–Crippen MR) is 72.9 cm³/mol. The van der Waals surface area contributed by atoms with E-state index >= 15 is 0 Å². The lowest BCUT2D eigenvalue weighted by Crippen LogP contribution is -1.88. The smallest absolute Gasteiger partial charge is 0.276 e. The molecule has 0 fully saturated rings. The van der Waals surface area contributed by atoms with Crippen LogP contribution in [-0.4, -0.2) is 20.1 Å². The molecule has 0 unspecified atom stereocenters. The number of nitrogens with two attached hydrogens (primary N) is 1. The zero-order chi connectivity index (χ0) is 13.2. The van der Waals surface area contributed by atoms with Crippen LogP contribution in [0.1, 0.15) is 0 Å². The fourth-order valence-corrected chi connectivity index (χ4v) is 1.88. The summed E-state index contributed by atoms with van der Waals surface area (Å²) in [5.74, 6) is 0.803. The summed E-state index contributed by atoms with van der Waals surface area (Å²) in [5.41, 5.74) is 7.50. The highest BCUT2D eigenvalue weighted by Gasteiger charge is 2.11. The number of anilines is 1. The van der Waals surface area contributed by atoms with Crippen LogP contribution in [0.5, 0.6) is 0 Å². The molecule has 6 nitrogen and oxygen atoms in total. The van der Waals surface area contributed by atoms with Crippen molar-refractivity contribution in [3.8, 4) is 23.0 Å². The van der Waals surface area contributed by atoms with Crippen molar-refractivity contribution < 1.29 is 4.52 Å². The van der Waals surface area contributed by atoms with Crippen molar-refractivity contribution in [2.24, 2.45) is 0 Å². The van der Waals surface area contributed by atoms with Crippen LogP contribution in [0, 0.1) is 0 Å². The van der Waals surface area contributed by atoms with E-state index in [1.54, 1.807) is 30.7 Å². The SMILES string of the molecule is Nc1ccc(-c2nc(-c3cncc(Br)c3)no2)nc1. The topological polar surface area (TPSA) is 90.7 Å². The zero-order valence-corrected chi connectivity index (χ0v) is 11.2. The monoisotopic (exact) mass is 317 g/mol. The summed E-state index contributed by atoms with van der Waals surface area (Å²) in [5, 5.41) is 3.91. The molecule has 3 aromatic heterocycles. The highest BCUT2D eigenvalue weighted by molar-refractivity contribution is 9.10. The molecule has 0 bridgehead atoms. The van der Waals surface area contributed by atoms with Gasteiger partial charge in [0.2, 0.25) is 5.82 Å². The van der Waals surface area contributed by atoms with Gasteiger partial charge in [-0.05, 0) is 34.1 Å². The maximum atomic E-state index is 5.58. The lowest BCUT2D eigenvalue weighted by atomic mass is 10.3. The van der Waals surface area contributed by atoms with Gasteiger partial charge in [0.25, 0.3) is 5.89 Å². The van der Waals surface area contributed by atoms with Crippen LogP contribution in [0.4, 0.5) is 5.69 Å². The second-order valence-electron chi connectivity index (χ2n) is 3.79. The van der Waals surface area contributed by atoms with Gasteiger partial charge in [-0.25, -0.2) is 4.98 Å². The Balaban J connectivity index is 1.97. The molecule has 0 saturated carbocycles. The van der Waals surface area contributed by atoms with Crippen LogP contribution in [-0.2, 0) is 0 Å². The number of halogens is 1. The van der Waals surface area contributed by atoms with Crippen molar-refractivity contribution in [1.29, 1.82) is 0 Å². The third kappa shape index (κ3) is 2.45. The minimum atomic E-state index is 0.343. The van der Waals surface area contributed by atoms with Gasteiger partial charge in [0.15, 0.2) is 0 Å². The largest absolute Gasteiger partial charge is 0.397 e. The van der Waals surface area contributed by atoms with Crippen molar-refractivity contribution >= 4 is 21.6 Å². The van der Waals surface area contributed by atoms with E-state index in [4.69, 9.17) is 10.3 Å². The van der Waals surface area contributed by atoms with E-state index in [2.05, 4.69) is 36.0 Å². The van der Waals surface area contributed by atoms with Gasteiger partial charge >= 0.3 is 0 Å². The summed E-state index contributed by atoms with van der Waals surface area (Å²) in [6.07, 6.45) is 4.89. The molecular formula is C12H8BrN5O. The van der Waals surface area contributed by atoms with Crippen LogP contribution in [0.25, 0.3) is 23.0 Å². The molecule has 0 atom stereocenters. The lowest BCUT2D eigenvalue weighted by molar-refractivity contribution is 0.431. The Hall–Kier alpha value is -2.28. The molecule has 0 radical (unpaired) electrons. The van der Waals surface area contributed by atoms with Gasteiger partial charge in [-0.3, -0.25) is 4.98 Å². The summed E-state index contributed by atoms with van der Waals surface area (Å²) in [6.45, 7) is 0. The number of rotatable bonds is 2. The van der Waals surface area contributed by atoms with Crippen molar-refractivity contribution in [1.82, 2.24) is 20.1 Å². The maximum absolute atomic E-state index is 5.58. The first-order valence-corrected chi connectivity index (χ1v) is 6.18. The fraction of sp³-hybridized carbons (Fsp3) is 0. The summed E-state index contributed by atoms with van der Waals surface area (Å²) < 4.78 is 6.03. The Bertz CT molecular complexity index is 710. The van der Waals surface area contributed by atoms with E-state index < -0.39 is 0 Å². The Morgan fingerprint density at radius 3 is 2.79 bits per heavy atom. The van der Waals surface area contributed by atoms with Gasteiger partial charge in [-0.15, -0.1) is 0 Å². The molecular weight excluding hydrogens is 310 g/mol. The molecule has 3 heterocycles. The van der Waals surface area contributed by atoms with Crippen LogP contribution < -0.4 is 5.73 Å². The summed E-state index contributed by atoms with van der Waals surface area (Å²) in [7, 11) is 0. The number of aromatic nitrogens is 4. The molecule has 19 heavy (non-hydrogen) atoms. The molecule has 0 saturated heterocycles. The lowest BCUT2D eigenvalue weighted by Gasteiger charge is -1.94. The van der Waals surface area contributed by atoms with E-state index in [0.29, 0.717) is 23.1 Å². The normalized spacial score (nSPS) is 10.6. The fourth-order valence-electron chi connectivity index (χ4n) is 1.51. The zero-order valence-electron chi connectivity index (χ0n) is 9.62. The van der Waals surface area contributed by atoms with Gasteiger partial charge in [-0.2, -0.15) is 4.98 Å². The van der Waals surface area contributed by atoms with Crippen molar-refractivity contribution in [3.63, 3.8) is 0 Å². The van der Waals surface area contributed by atoms with Crippen LogP contribution >= 0.6 is 15.9 Å². The van der Waals surface area contributed by atoms with E-state index in [1.165, 1.54) is 0 Å². The average molecular weight is 318 g/mol. The Morgan fingerprint density at radius 2 is 2.05 bits per heavy atom. The van der Waals surface area contributed by atoms with Crippen molar-refractivity contribution in [2.45, 2.75) is 0 Å². The number of nitrogens with zero attached hydrogens (tertiary/aromatic N) is 4. The second kappa shape index (κ2) is 4.77. The van der Waals surface area contributed by atoms with Crippen LogP contribution in [0.15, 0.2) is 45.8 Å². The molecule has 2 N–H and O–H groups in total. The molecule has 0 aliphatic heterocycles. The van der Waals surface area contributed by atoms with E-state index in [0.717, 1.165) is 10.0 Å². The summed E-state index contributed by atoms with van der Waals surface area (Å²) in [6, 6.07) is 5.32. The standard InChI is InChI=1S/C12H8BrN5O/c13-8-3-7(4-15-5-8)11-17-12(19-18-11)10-2-1-9(14)6-16-10/h1-6H,14H2. The molecule has 7 heteroatoms. The number of pyridine rings is 2. The molecule has 0 amide bonds. The molecule has 94 valence electrons. The first-order valence-electron chi connectivity index (χ1n) is 5.39. The second-order valence-corrected chi connectivity index (χ2v) is 4.71. The molecule has 0 aliphatic carbocycles. The average Bonchev–Trinajstić information content (AvgIpc) is 2.89. The maximum Gasteiger partial charge on any atom is 0.276 e. The Morgan fingerprint density at radius 1 is 1.16 bits per heavy atom. The van der Waals surface area contributed by atoms with E-state index in [-0.39, 0.29) is 0 Å². The van der Waals surface area contributed by atoms with Gasteiger partial charge in [0.05, 0.1) is 11.9 Å². The van der Waals surface area contributed by atoms with Gasteiger partial charge < -0.3 is 10.3 Å². The highest BCUT2D eigenvalue weighted by Crippen LogP contribution is 2.22. The van der Waals surface area contributed by atoms with Crippen LogP contribution in [0.3, 0.4) is 0 Å². The predicted octanol–water partition coefficient (Wildman–Crippen LogP) is 2.54. The minimum absolute atomic E-state index is 0.343. The third-order valence-electron chi connectivity index (χ3n) is 2.39. The molecule has 3 rings (SSSR count). The van der Waals surface area contributed by atoms with Crippen molar-refractivity contribution in [3.05, 3.63) is 41.3 Å². The van der Waals surface area contributed by atoms with E-state index in [1.807, 2.05) is 6.07 Å². The number of hydrogen-bond donors (Lipinski definition) is 1. The molecule has 0 spiro atoms. The van der Waals surface area contributed by atoms with Crippen LogP contribution in [0.2, 0.25) is 0 Å². The highest BCUT2D eigenvalue weighted by atomic mass is 79.9. The first kappa shape index (κ1) is 11.8. The first-order chi connectivity index (χ1) is 9.22. The van der Waals surface area contributed by atoms with Crippen molar-refractivity contribution in [2.75, 3.05) is 5.73 Å². The Labute approximate surface area is 116 Å². The number of hydrogen-bond acceptors (Lipinski definition) is 6. The van der Waals surface area contributed by atoms with Gasteiger partial charge in [-0.1, -0.05) is 5.16 Å². The summed E-state index contributed by atoms with van der Waals surface area (Å²) in [4.78, 5) is 12.5. The quantitative estimate of drug-likeness (QED) is 0.781. The Kier molecular flexibility index (Phi) is 2.96. The van der Waals surface area contributed by atoms with Gasteiger partial charge in [0, 0.05) is 22.4 Å². The van der Waals surface area contributed by atoms with E-state index in [9.17, 15) is 0 Å².